The summed E-state index contributed by atoms with van der Waals surface area (Å²) in [5.41, 5.74) is 2.65. The van der Waals surface area contributed by atoms with Crippen molar-refractivity contribution in [3.63, 3.8) is 0 Å². The Morgan fingerprint density at radius 1 is 1.00 bits per heavy atom. The third-order valence-corrected chi connectivity index (χ3v) is 1.89. The first kappa shape index (κ1) is 18.4. The smallest absolute Gasteiger partial charge is 0.119 e. The van der Waals surface area contributed by atoms with Gasteiger partial charge < -0.3 is 4.74 Å². The van der Waals surface area contributed by atoms with E-state index in [0.29, 0.717) is 0 Å². The largest absolute Gasteiger partial charge is 0.497 e. The lowest BCUT2D eigenvalue weighted by molar-refractivity contribution is 0.414. The minimum absolute atomic E-state index is 0.971. The summed E-state index contributed by atoms with van der Waals surface area (Å²) >= 11 is 0. The van der Waals surface area contributed by atoms with Gasteiger partial charge in [-0.15, -0.1) is 0 Å². The highest BCUT2D eigenvalue weighted by Crippen LogP contribution is 2.17. The molecule has 1 nitrogen and oxygen atoms in total. The van der Waals surface area contributed by atoms with Gasteiger partial charge in [0.25, 0.3) is 0 Å². The van der Waals surface area contributed by atoms with Gasteiger partial charge in [-0.1, -0.05) is 53.5 Å². The van der Waals surface area contributed by atoms with Crippen molar-refractivity contribution in [1.29, 1.82) is 0 Å². The van der Waals surface area contributed by atoms with Gasteiger partial charge in [-0.05, 0) is 36.6 Å². The molecule has 0 aliphatic heterocycles. The van der Waals surface area contributed by atoms with E-state index >= 15 is 0 Å². The zero-order valence-corrected chi connectivity index (χ0v) is 12.8. The third-order valence-electron chi connectivity index (χ3n) is 1.89. The van der Waals surface area contributed by atoms with Crippen LogP contribution in [-0.2, 0) is 6.42 Å². The average molecular weight is 238 g/mol. The molecule has 0 heterocycles. The van der Waals surface area contributed by atoms with Crippen LogP contribution >= 0.6 is 0 Å². The van der Waals surface area contributed by atoms with Crippen LogP contribution in [0.3, 0.4) is 0 Å². The molecule has 0 fully saturated rings. The van der Waals surface area contributed by atoms with Crippen LogP contribution in [0.5, 0.6) is 5.75 Å². The molecular formula is C16H30O. The maximum Gasteiger partial charge on any atom is 0.119 e. The van der Waals surface area contributed by atoms with Crippen LogP contribution in [0.4, 0.5) is 0 Å². The summed E-state index contributed by atoms with van der Waals surface area (Å²) in [6.07, 6.45) is 3.57. The summed E-state index contributed by atoms with van der Waals surface area (Å²) in [5, 5.41) is 0. The maximum absolute atomic E-state index is 5.18. The molecule has 0 spiro atoms. The van der Waals surface area contributed by atoms with Crippen molar-refractivity contribution >= 4 is 0 Å². The van der Waals surface area contributed by atoms with Crippen molar-refractivity contribution in [3.05, 3.63) is 29.3 Å². The monoisotopic (exact) mass is 238 g/mol. The fraction of sp³-hybridized carbons (Fsp3) is 0.625. The summed E-state index contributed by atoms with van der Waals surface area (Å²) in [6, 6.07) is 6.38. The first-order chi connectivity index (χ1) is 8.17. The molecule has 0 aliphatic rings. The van der Waals surface area contributed by atoms with Crippen molar-refractivity contribution in [2.45, 2.75) is 60.8 Å². The Bertz CT molecular complexity index is 266. The highest BCUT2D eigenvalue weighted by Gasteiger charge is 1.96. The first-order valence-electron chi connectivity index (χ1n) is 6.82. The normalized spacial score (nSPS) is 8.41. The zero-order chi connectivity index (χ0) is 13.7. The van der Waals surface area contributed by atoms with Crippen molar-refractivity contribution in [2.24, 2.45) is 0 Å². The van der Waals surface area contributed by atoms with Crippen molar-refractivity contribution in [1.82, 2.24) is 0 Å². The quantitative estimate of drug-likeness (QED) is 0.685. The molecule has 0 amide bonds. The van der Waals surface area contributed by atoms with Gasteiger partial charge in [0.15, 0.2) is 0 Å². The number of hydrogen-bond donors (Lipinski definition) is 0. The molecule has 0 aliphatic carbocycles. The van der Waals surface area contributed by atoms with E-state index in [1.54, 1.807) is 7.11 Å². The Morgan fingerprint density at radius 3 is 1.94 bits per heavy atom. The number of ether oxygens (including phenoxy) is 1. The summed E-state index contributed by atoms with van der Waals surface area (Å²) in [4.78, 5) is 0. The van der Waals surface area contributed by atoms with E-state index in [0.717, 1.165) is 12.2 Å². The number of benzene rings is 1. The van der Waals surface area contributed by atoms with Crippen molar-refractivity contribution in [3.8, 4) is 5.75 Å². The fourth-order valence-corrected chi connectivity index (χ4v) is 1.38. The number of rotatable bonds is 3. The van der Waals surface area contributed by atoms with Gasteiger partial charge in [0.1, 0.15) is 5.75 Å². The van der Waals surface area contributed by atoms with E-state index < -0.39 is 0 Å². The second-order valence-electron chi connectivity index (χ2n) is 3.82. The minimum Gasteiger partial charge on any atom is -0.497 e. The van der Waals surface area contributed by atoms with E-state index in [4.69, 9.17) is 4.74 Å². The fourth-order valence-electron chi connectivity index (χ4n) is 1.38. The molecule has 0 radical (unpaired) electrons. The van der Waals surface area contributed by atoms with Crippen LogP contribution in [-0.4, -0.2) is 7.11 Å². The first-order valence-corrected chi connectivity index (χ1v) is 6.82. The molecule has 1 aromatic carbocycles. The van der Waals surface area contributed by atoms with E-state index in [9.17, 15) is 0 Å². The molecule has 1 rings (SSSR count). The van der Waals surface area contributed by atoms with Gasteiger partial charge in [-0.3, -0.25) is 0 Å². The standard InChI is InChI=1S/C11H16O.C3H8.C2H6/c1-4-5-10-6-9(2)7-11(8-10)12-3;1-3-2;1-2/h6-8H,4-5H2,1-3H3;3H2,1-2H3;1-2H3. The Labute approximate surface area is 108 Å². The molecule has 0 aromatic heterocycles. The van der Waals surface area contributed by atoms with Gasteiger partial charge in [0, 0.05) is 0 Å². The number of aryl methyl sites for hydroxylation is 2. The molecule has 1 heteroatoms. The number of methoxy groups -OCH3 is 1. The summed E-state index contributed by atoms with van der Waals surface area (Å²) in [7, 11) is 1.71. The maximum atomic E-state index is 5.18. The van der Waals surface area contributed by atoms with E-state index in [-0.39, 0.29) is 0 Å². The number of hydrogen-bond acceptors (Lipinski definition) is 1. The van der Waals surface area contributed by atoms with E-state index in [1.807, 2.05) is 13.8 Å². The molecule has 1 aromatic rings. The highest BCUT2D eigenvalue weighted by molar-refractivity contribution is 5.33. The minimum atomic E-state index is 0.971. The van der Waals surface area contributed by atoms with E-state index in [2.05, 4.69) is 45.9 Å². The highest BCUT2D eigenvalue weighted by atomic mass is 16.5. The Morgan fingerprint density at radius 2 is 1.53 bits per heavy atom. The Kier molecular flexibility index (Phi) is 14.2. The van der Waals surface area contributed by atoms with Crippen LogP contribution in [0.15, 0.2) is 18.2 Å². The SMILES string of the molecule is CC.CCC.CCCc1cc(C)cc(OC)c1. The molecule has 0 unspecified atom stereocenters. The average Bonchev–Trinajstić information content (AvgIpc) is 2.32. The van der Waals surface area contributed by atoms with Crippen LogP contribution in [0.25, 0.3) is 0 Å². The summed E-state index contributed by atoms with van der Waals surface area (Å²) < 4.78 is 5.18. The molecular weight excluding hydrogens is 208 g/mol. The predicted octanol–water partition coefficient (Wildman–Crippen LogP) is 5.40. The summed E-state index contributed by atoms with van der Waals surface area (Å²) in [6.45, 7) is 12.5. The van der Waals surface area contributed by atoms with Crippen LogP contribution in [0.1, 0.15) is 58.6 Å². The zero-order valence-electron chi connectivity index (χ0n) is 12.8. The van der Waals surface area contributed by atoms with Gasteiger partial charge in [-0.2, -0.15) is 0 Å². The molecule has 0 saturated carbocycles. The van der Waals surface area contributed by atoms with Crippen molar-refractivity contribution < 1.29 is 4.74 Å². The lowest BCUT2D eigenvalue weighted by atomic mass is 10.1. The Balaban J connectivity index is 0. The second kappa shape index (κ2) is 13.1. The lowest BCUT2D eigenvalue weighted by Gasteiger charge is -2.05. The molecule has 100 valence electrons. The second-order valence-corrected chi connectivity index (χ2v) is 3.82. The Hall–Kier alpha value is -0.980. The van der Waals surface area contributed by atoms with Gasteiger partial charge >= 0.3 is 0 Å². The van der Waals surface area contributed by atoms with E-state index in [1.165, 1.54) is 24.0 Å². The predicted molar refractivity (Wildman–Crippen MR) is 79.0 cm³/mol. The van der Waals surface area contributed by atoms with Gasteiger partial charge in [0.2, 0.25) is 0 Å². The molecule has 0 bridgehead atoms. The van der Waals surface area contributed by atoms with Gasteiger partial charge in [0.05, 0.1) is 7.11 Å². The van der Waals surface area contributed by atoms with Crippen LogP contribution in [0, 0.1) is 6.92 Å². The van der Waals surface area contributed by atoms with Gasteiger partial charge in [-0.25, -0.2) is 0 Å². The molecule has 0 saturated heterocycles. The topological polar surface area (TPSA) is 9.23 Å². The van der Waals surface area contributed by atoms with Crippen LogP contribution in [0.2, 0.25) is 0 Å². The lowest BCUT2D eigenvalue weighted by Crippen LogP contribution is -1.88. The van der Waals surface area contributed by atoms with Crippen LogP contribution < -0.4 is 4.74 Å². The molecule has 0 N–H and O–H groups in total. The summed E-state index contributed by atoms with van der Waals surface area (Å²) in [5.74, 6) is 0.971. The third kappa shape index (κ3) is 9.92. The molecule has 0 atom stereocenters. The van der Waals surface area contributed by atoms with Crippen molar-refractivity contribution in [2.75, 3.05) is 7.11 Å². The molecule has 17 heavy (non-hydrogen) atoms.